The Hall–Kier alpha value is -2.28. The molecule has 1 aromatic carbocycles. The number of nitrogens with one attached hydrogen (secondary N) is 2. The Bertz CT molecular complexity index is 602. The van der Waals surface area contributed by atoms with E-state index in [1.165, 1.54) is 12.7 Å². The van der Waals surface area contributed by atoms with Gasteiger partial charge in [0.25, 0.3) is 5.91 Å². The van der Waals surface area contributed by atoms with Crippen LogP contribution in [0.3, 0.4) is 0 Å². The van der Waals surface area contributed by atoms with E-state index in [1.807, 2.05) is 12.1 Å². The zero-order valence-corrected chi connectivity index (χ0v) is 13.9. The third-order valence-electron chi connectivity index (χ3n) is 4.26. The molecule has 7 nitrogen and oxygen atoms in total. The van der Waals surface area contributed by atoms with Gasteiger partial charge < -0.3 is 19.1 Å². The topological polar surface area (TPSA) is 78.3 Å². The van der Waals surface area contributed by atoms with Crippen molar-refractivity contribution in [3.8, 4) is 11.5 Å². The molecule has 0 radical (unpaired) electrons. The number of hydrogen-bond donors (Lipinski definition) is 2. The number of carbonyl (C=O) groups excluding carboxylic acids is 2. The second-order valence-corrected chi connectivity index (χ2v) is 5.51. The molecule has 2 N–H and O–H groups in total. The Morgan fingerprint density at radius 2 is 1.74 bits per heavy atom. The van der Waals surface area contributed by atoms with Crippen molar-refractivity contribution in [1.82, 2.24) is 5.32 Å². The van der Waals surface area contributed by atoms with Gasteiger partial charge in [-0.1, -0.05) is 0 Å². The van der Waals surface area contributed by atoms with Gasteiger partial charge in [-0.3, -0.25) is 10.1 Å². The molecule has 0 saturated heterocycles. The molecule has 1 aliphatic heterocycles. The third kappa shape index (κ3) is 3.73. The van der Waals surface area contributed by atoms with Gasteiger partial charge >= 0.3 is 6.09 Å². The minimum Gasteiger partial charge on any atom is -0.493 e. The van der Waals surface area contributed by atoms with Gasteiger partial charge in [-0.25, -0.2) is 4.79 Å². The average molecular weight is 323 g/mol. The van der Waals surface area contributed by atoms with E-state index in [1.54, 1.807) is 21.1 Å². The Kier molecular flexibility index (Phi) is 5.44. The van der Waals surface area contributed by atoms with E-state index >= 15 is 0 Å². The van der Waals surface area contributed by atoms with Crippen LogP contribution in [-0.4, -0.2) is 45.9 Å². The van der Waals surface area contributed by atoms with Gasteiger partial charge in [0.2, 0.25) is 0 Å². The Balaban J connectivity index is 2.13. The smallest absolute Gasteiger partial charge is 0.413 e. The van der Waals surface area contributed by atoms with Crippen LogP contribution >= 0.6 is 0 Å². The first kappa shape index (κ1) is 17.1. The summed E-state index contributed by atoms with van der Waals surface area (Å²) in [4.78, 5) is 24.3. The molecule has 0 bridgehead atoms. The van der Waals surface area contributed by atoms with Gasteiger partial charge in [0, 0.05) is 12.0 Å². The quantitative estimate of drug-likeness (QED) is 0.810. The number of benzene rings is 1. The fourth-order valence-electron chi connectivity index (χ4n) is 2.80. The van der Waals surface area contributed by atoms with Crippen LogP contribution in [0.4, 0.5) is 4.79 Å². The van der Waals surface area contributed by atoms with Gasteiger partial charge in [-0.2, -0.15) is 0 Å². The number of hydrogen-bond acceptors (Lipinski definition) is 5. The molecule has 0 saturated carbocycles. The summed E-state index contributed by atoms with van der Waals surface area (Å²) in [5.74, 6) is 1.06. The van der Waals surface area contributed by atoms with Crippen LogP contribution in [0.5, 0.6) is 11.5 Å². The lowest BCUT2D eigenvalue weighted by atomic mass is 9.97. The van der Waals surface area contributed by atoms with Gasteiger partial charge in [0.15, 0.2) is 17.5 Å². The summed E-state index contributed by atoms with van der Waals surface area (Å²) in [6, 6.07) is 3.60. The van der Waals surface area contributed by atoms with E-state index in [-0.39, 0.29) is 11.9 Å². The highest BCUT2D eigenvalue weighted by Gasteiger charge is 2.30. The second kappa shape index (κ2) is 7.32. The summed E-state index contributed by atoms with van der Waals surface area (Å²) in [7, 11) is 4.45. The van der Waals surface area contributed by atoms with E-state index < -0.39 is 6.09 Å². The number of alkyl carbamates (subject to hydrolysis) is 1. The highest BCUT2D eigenvalue weighted by atomic mass is 16.5. The lowest BCUT2D eigenvalue weighted by molar-refractivity contribution is -0.929. The van der Waals surface area contributed by atoms with E-state index in [0.717, 1.165) is 23.4 Å². The molecule has 1 heterocycles. The molecule has 0 aromatic heterocycles. The SMILES string of the molecule is COC(=O)NC(=O)[C@H](C)[NH+]1CCc2cc(OC)c(OC)cc2C1. The van der Waals surface area contributed by atoms with Gasteiger partial charge in [0.05, 0.1) is 27.9 Å². The average Bonchev–Trinajstić information content (AvgIpc) is 2.58. The van der Waals surface area contributed by atoms with Gasteiger partial charge in [-0.15, -0.1) is 0 Å². The van der Waals surface area contributed by atoms with E-state index in [9.17, 15) is 9.59 Å². The van der Waals surface area contributed by atoms with Crippen LogP contribution in [-0.2, 0) is 22.5 Å². The van der Waals surface area contributed by atoms with Crippen LogP contribution in [0.25, 0.3) is 0 Å². The monoisotopic (exact) mass is 323 g/mol. The van der Waals surface area contributed by atoms with Crippen molar-refractivity contribution in [2.75, 3.05) is 27.9 Å². The standard InChI is InChI=1S/C16H22N2O5/c1-10(15(19)17-16(20)23-4)18-6-5-11-7-13(21-2)14(22-3)8-12(11)9-18/h7-8,10H,5-6,9H2,1-4H3,(H,17,19,20)/p+1/t10-/m0/s1. The normalized spacial score (nSPS) is 17.7. The van der Waals surface area contributed by atoms with E-state index in [0.29, 0.717) is 18.0 Å². The number of ether oxygens (including phenoxy) is 3. The van der Waals surface area contributed by atoms with Crippen molar-refractivity contribution >= 4 is 12.0 Å². The van der Waals surface area contributed by atoms with Crippen molar-refractivity contribution in [2.24, 2.45) is 0 Å². The van der Waals surface area contributed by atoms with Crippen LogP contribution in [0.15, 0.2) is 12.1 Å². The minimum atomic E-state index is -0.731. The molecule has 126 valence electrons. The van der Waals surface area contributed by atoms with Crippen molar-refractivity contribution in [2.45, 2.75) is 25.9 Å². The number of imide groups is 1. The predicted molar refractivity (Wildman–Crippen MR) is 82.8 cm³/mol. The molecule has 0 spiro atoms. The lowest BCUT2D eigenvalue weighted by Crippen LogP contribution is -3.16. The molecular formula is C16H23N2O5+. The van der Waals surface area contributed by atoms with Crippen LogP contribution < -0.4 is 19.7 Å². The Morgan fingerprint density at radius 3 is 2.30 bits per heavy atom. The third-order valence-corrected chi connectivity index (χ3v) is 4.26. The highest BCUT2D eigenvalue weighted by molar-refractivity contribution is 5.93. The largest absolute Gasteiger partial charge is 0.493 e. The summed E-state index contributed by atoms with van der Waals surface area (Å²) in [5.41, 5.74) is 2.33. The first-order valence-corrected chi connectivity index (χ1v) is 7.47. The highest BCUT2D eigenvalue weighted by Crippen LogP contribution is 2.31. The summed E-state index contributed by atoms with van der Waals surface area (Å²) in [5, 5.41) is 2.23. The summed E-state index contributed by atoms with van der Waals surface area (Å²) in [6.45, 7) is 3.29. The Labute approximate surface area is 135 Å². The van der Waals surface area contributed by atoms with E-state index in [2.05, 4.69) is 10.1 Å². The number of fused-ring (bicyclic) bond motifs is 1. The first-order valence-electron chi connectivity index (χ1n) is 7.47. The number of carbonyl (C=O) groups is 2. The Morgan fingerprint density at radius 1 is 1.13 bits per heavy atom. The first-order chi connectivity index (χ1) is 11.0. The number of rotatable bonds is 4. The molecule has 2 atom stereocenters. The van der Waals surface area contributed by atoms with Crippen molar-refractivity contribution in [3.05, 3.63) is 23.3 Å². The second-order valence-electron chi connectivity index (χ2n) is 5.51. The predicted octanol–water partition coefficient (Wildman–Crippen LogP) is -0.0841. The number of amides is 2. The maximum atomic E-state index is 12.1. The molecule has 2 amide bonds. The molecule has 1 aliphatic rings. The molecule has 0 aliphatic carbocycles. The molecule has 0 fully saturated rings. The maximum Gasteiger partial charge on any atom is 0.413 e. The number of quaternary nitrogens is 1. The lowest BCUT2D eigenvalue weighted by Gasteiger charge is -2.30. The zero-order valence-electron chi connectivity index (χ0n) is 13.9. The van der Waals surface area contributed by atoms with Crippen molar-refractivity contribution < 1.29 is 28.7 Å². The van der Waals surface area contributed by atoms with Crippen molar-refractivity contribution in [3.63, 3.8) is 0 Å². The van der Waals surface area contributed by atoms with Gasteiger partial charge in [-0.05, 0) is 24.6 Å². The molecule has 1 unspecified atom stereocenters. The molecular weight excluding hydrogens is 300 g/mol. The number of methoxy groups -OCH3 is 3. The molecule has 1 aromatic rings. The maximum absolute atomic E-state index is 12.1. The van der Waals surface area contributed by atoms with Crippen LogP contribution in [0.2, 0.25) is 0 Å². The van der Waals surface area contributed by atoms with E-state index in [4.69, 9.17) is 9.47 Å². The molecule has 23 heavy (non-hydrogen) atoms. The molecule has 7 heteroatoms. The summed E-state index contributed by atoms with van der Waals surface area (Å²) >= 11 is 0. The van der Waals surface area contributed by atoms with Crippen LogP contribution in [0.1, 0.15) is 18.1 Å². The fraction of sp³-hybridized carbons (Fsp3) is 0.500. The fourth-order valence-corrected chi connectivity index (χ4v) is 2.80. The summed E-state index contributed by atoms with van der Waals surface area (Å²) < 4.78 is 15.1. The van der Waals surface area contributed by atoms with Gasteiger partial charge in [0.1, 0.15) is 6.54 Å². The van der Waals surface area contributed by atoms with Crippen LogP contribution in [0, 0.1) is 0 Å². The van der Waals surface area contributed by atoms with Crippen molar-refractivity contribution in [1.29, 1.82) is 0 Å². The zero-order chi connectivity index (χ0) is 17.0. The minimum absolute atomic E-state index is 0.337. The summed E-state index contributed by atoms with van der Waals surface area (Å²) in [6.07, 6.45) is 0.103. The molecule has 2 rings (SSSR count).